The lowest BCUT2D eigenvalue weighted by molar-refractivity contribution is -0.167. The summed E-state index contributed by atoms with van der Waals surface area (Å²) in [6, 6.07) is 0. The van der Waals surface area contributed by atoms with Gasteiger partial charge in [0.2, 0.25) is 0 Å². The van der Waals surface area contributed by atoms with Gasteiger partial charge in [-0.25, -0.2) is 0 Å². The number of ether oxygens (including phenoxy) is 3. The molecule has 0 aromatic rings. The molecule has 6 heteroatoms. The number of carbonyl (C=O) groups is 3. The van der Waals surface area contributed by atoms with E-state index >= 15 is 0 Å². The average molecular weight is 1050 g/mol. The van der Waals surface area contributed by atoms with Crippen molar-refractivity contribution in [2.24, 2.45) is 0 Å². The SMILES string of the molecule is CC/C=C\C/C=C\C/C=C\C/C=C\C/C=C\C/C=C\CCCCCCCCC(=O)OCC(COC(=O)CCCCCCCCCCCCCCCCC)OC(=O)CCCCCCCCC/C=C\CCCCCCCC. The summed E-state index contributed by atoms with van der Waals surface area (Å²) in [7, 11) is 0. The number of hydrogen-bond acceptors (Lipinski definition) is 6. The average Bonchev–Trinajstić information content (AvgIpc) is 3.41. The van der Waals surface area contributed by atoms with Gasteiger partial charge in [-0.2, -0.15) is 0 Å². The molecule has 432 valence electrons. The number of allylic oxidation sites excluding steroid dienone is 14. The maximum atomic E-state index is 12.9. The molecule has 0 aliphatic rings. The molecule has 0 aliphatic heterocycles. The number of carbonyl (C=O) groups excluding carboxylic acids is 3. The van der Waals surface area contributed by atoms with E-state index in [0.717, 1.165) is 109 Å². The Morgan fingerprint density at radius 3 is 0.827 bits per heavy atom. The second-order valence-corrected chi connectivity index (χ2v) is 21.3. The zero-order chi connectivity index (χ0) is 54.3. The van der Waals surface area contributed by atoms with Crippen molar-refractivity contribution in [3.05, 3.63) is 85.1 Å². The fraction of sp³-hybridized carbons (Fsp3) is 0.754. The lowest BCUT2D eigenvalue weighted by Gasteiger charge is -2.18. The molecule has 0 rings (SSSR count). The highest BCUT2D eigenvalue weighted by atomic mass is 16.6. The Hall–Kier alpha value is -3.41. The predicted octanol–water partition coefficient (Wildman–Crippen LogP) is 21.9. The molecular formula is C69H120O6. The molecule has 0 aromatic carbocycles. The molecule has 0 fully saturated rings. The van der Waals surface area contributed by atoms with Gasteiger partial charge in [-0.1, -0.05) is 286 Å². The minimum atomic E-state index is -0.785. The third-order valence-electron chi connectivity index (χ3n) is 13.9. The predicted molar refractivity (Wildman–Crippen MR) is 325 cm³/mol. The Morgan fingerprint density at radius 2 is 0.520 bits per heavy atom. The number of esters is 3. The van der Waals surface area contributed by atoms with E-state index in [0.29, 0.717) is 19.3 Å². The first-order chi connectivity index (χ1) is 37.0. The number of hydrogen-bond donors (Lipinski definition) is 0. The first-order valence-corrected chi connectivity index (χ1v) is 32.1. The van der Waals surface area contributed by atoms with E-state index < -0.39 is 6.10 Å². The zero-order valence-corrected chi connectivity index (χ0v) is 49.6. The quantitative estimate of drug-likeness (QED) is 0.0261. The summed E-state index contributed by atoms with van der Waals surface area (Å²) >= 11 is 0. The van der Waals surface area contributed by atoms with Crippen LogP contribution in [0.25, 0.3) is 0 Å². The Bertz CT molecular complexity index is 1430. The third-order valence-corrected chi connectivity index (χ3v) is 13.9. The summed E-state index contributed by atoms with van der Waals surface area (Å²) in [6.07, 6.45) is 82.9. The Kier molecular flexibility index (Phi) is 60.3. The van der Waals surface area contributed by atoms with Gasteiger partial charge >= 0.3 is 17.9 Å². The Morgan fingerprint density at radius 1 is 0.280 bits per heavy atom. The molecule has 6 nitrogen and oxygen atoms in total. The summed E-state index contributed by atoms with van der Waals surface area (Å²) in [4.78, 5) is 38.3. The molecule has 0 bridgehead atoms. The van der Waals surface area contributed by atoms with Gasteiger partial charge in [-0.05, 0) is 96.3 Å². The maximum absolute atomic E-state index is 12.9. The topological polar surface area (TPSA) is 78.9 Å². The fourth-order valence-corrected chi connectivity index (χ4v) is 9.09. The van der Waals surface area contributed by atoms with Gasteiger partial charge in [0.15, 0.2) is 6.10 Å². The van der Waals surface area contributed by atoms with Crippen LogP contribution in [0, 0.1) is 0 Å². The standard InChI is InChI=1S/C69H120O6/c1-4-7-10-13-16-19-22-25-28-30-31-32-33-34-35-36-37-39-41-44-47-50-53-56-59-62-68(71)74-65-66(64-73-67(70)61-58-55-52-49-46-43-40-27-24-21-18-15-12-9-6-3)75-69(72)63-60-57-54-51-48-45-42-38-29-26-23-20-17-14-11-8-5-2/h7,10,16,19,25-26,28-29,31-32,34-35,37,39,66H,4-6,8-9,11-15,17-18,20-24,27,30,33,36,38,40-65H2,1-3H3/b10-7-,19-16-,28-25-,29-26-,32-31-,35-34-,39-37-. The second kappa shape index (κ2) is 63.1. The van der Waals surface area contributed by atoms with Crippen LogP contribution in [0.3, 0.4) is 0 Å². The molecule has 0 N–H and O–H groups in total. The highest BCUT2D eigenvalue weighted by Gasteiger charge is 2.19. The van der Waals surface area contributed by atoms with Gasteiger partial charge in [0, 0.05) is 19.3 Å². The van der Waals surface area contributed by atoms with E-state index in [1.165, 1.54) is 167 Å². The lowest BCUT2D eigenvalue weighted by Crippen LogP contribution is -2.30. The van der Waals surface area contributed by atoms with Crippen LogP contribution >= 0.6 is 0 Å². The molecule has 0 aliphatic carbocycles. The Balaban J connectivity index is 4.37. The highest BCUT2D eigenvalue weighted by Crippen LogP contribution is 2.16. The van der Waals surface area contributed by atoms with Crippen molar-refractivity contribution in [2.75, 3.05) is 13.2 Å². The fourth-order valence-electron chi connectivity index (χ4n) is 9.09. The smallest absolute Gasteiger partial charge is 0.306 e. The van der Waals surface area contributed by atoms with Crippen molar-refractivity contribution < 1.29 is 28.6 Å². The van der Waals surface area contributed by atoms with Crippen molar-refractivity contribution in [1.29, 1.82) is 0 Å². The molecule has 0 heterocycles. The van der Waals surface area contributed by atoms with Crippen LogP contribution in [0.1, 0.15) is 316 Å². The molecule has 0 radical (unpaired) electrons. The minimum Gasteiger partial charge on any atom is -0.462 e. The first-order valence-electron chi connectivity index (χ1n) is 32.1. The van der Waals surface area contributed by atoms with Gasteiger partial charge in [0.05, 0.1) is 0 Å². The van der Waals surface area contributed by atoms with E-state index in [-0.39, 0.29) is 31.1 Å². The summed E-state index contributed by atoms with van der Waals surface area (Å²) in [5.74, 6) is -0.885. The molecule has 75 heavy (non-hydrogen) atoms. The van der Waals surface area contributed by atoms with E-state index in [4.69, 9.17) is 14.2 Å². The Labute approximate surface area is 465 Å². The van der Waals surface area contributed by atoms with Crippen LogP contribution in [0.2, 0.25) is 0 Å². The van der Waals surface area contributed by atoms with E-state index in [1.54, 1.807) is 0 Å². The van der Waals surface area contributed by atoms with E-state index in [9.17, 15) is 14.4 Å². The summed E-state index contributed by atoms with van der Waals surface area (Å²) in [5, 5.41) is 0. The van der Waals surface area contributed by atoms with Gasteiger partial charge in [0.25, 0.3) is 0 Å². The van der Waals surface area contributed by atoms with Gasteiger partial charge in [-0.15, -0.1) is 0 Å². The molecule has 0 amide bonds. The van der Waals surface area contributed by atoms with Crippen molar-refractivity contribution in [1.82, 2.24) is 0 Å². The third kappa shape index (κ3) is 61.3. The van der Waals surface area contributed by atoms with Crippen LogP contribution in [-0.4, -0.2) is 37.2 Å². The number of unbranched alkanes of at least 4 members (excludes halogenated alkanes) is 33. The molecular weight excluding hydrogens is 925 g/mol. The van der Waals surface area contributed by atoms with Crippen LogP contribution in [0.15, 0.2) is 85.1 Å². The molecule has 0 aromatic heterocycles. The molecule has 1 atom stereocenters. The van der Waals surface area contributed by atoms with Gasteiger partial charge in [-0.3, -0.25) is 14.4 Å². The first kappa shape index (κ1) is 71.6. The maximum Gasteiger partial charge on any atom is 0.306 e. The summed E-state index contributed by atoms with van der Waals surface area (Å²) < 4.78 is 16.9. The molecule has 0 saturated carbocycles. The normalized spacial score (nSPS) is 12.6. The number of rotatable bonds is 58. The van der Waals surface area contributed by atoms with Crippen molar-refractivity contribution in [2.45, 2.75) is 322 Å². The second-order valence-electron chi connectivity index (χ2n) is 21.3. The summed E-state index contributed by atoms with van der Waals surface area (Å²) in [5.41, 5.74) is 0. The highest BCUT2D eigenvalue weighted by molar-refractivity contribution is 5.71. The van der Waals surface area contributed by atoms with Crippen LogP contribution < -0.4 is 0 Å². The van der Waals surface area contributed by atoms with Crippen molar-refractivity contribution in [3.8, 4) is 0 Å². The monoisotopic (exact) mass is 1040 g/mol. The van der Waals surface area contributed by atoms with Crippen LogP contribution in [-0.2, 0) is 28.6 Å². The van der Waals surface area contributed by atoms with Crippen LogP contribution in [0.4, 0.5) is 0 Å². The molecule has 1 unspecified atom stereocenters. The van der Waals surface area contributed by atoms with Crippen molar-refractivity contribution in [3.63, 3.8) is 0 Å². The largest absolute Gasteiger partial charge is 0.462 e. The van der Waals surface area contributed by atoms with Crippen LogP contribution in [0.5, 0.6) is 0 Å². The zero-order valence-electron chi connectivity index (χ0n) is 49.6. The minimum absolute atomic E-state index is 0.0800. The van der Waals surface area contributed by atoms with E-state index in [2.05, 4.69) is 106 Å². The lowest BCUT2D eigenvalue weighted by atomic mass is 10.0. The molecule has 0 spiro atoms. The van der Waals surface area contributed by atoms with E-state index in [1.807, 2.05) is 0 Å². The van der Waals surface area contributed by atoms with Gasteiger partial charge < -0.3 is 14.2 Å². The molecule has 0 saturated heterocycles. The van der Waals surface area contributed by atoms with Gasteiger partial charge in [0.1, 0.15) is 13.2 Å². The van der Waals surface area contributed by atoms with Crippen molar-refractivity contribution >= 4 is 17.9 Å². The summed E-state index contributed by atoms with van der Waals surface area (Å²) in [6.45, 7) is 6.54.